The molecule has 6 rings (SSSR count). The molecule has 0 saturated heterocycles. The number of nitrogens with one attached hydrogen (secondary N) is 2. The van der Waals surface area contributed by atoms with Gasteiger partial charge in [0.1, 0.15) is 0 Å². The van der Waals surface area contributed by atoms with Gasteiger partial charge in [-0.25, -0.2) is 9.37 Å². The van der Waals surface area contributed by atoms with Crippen LogP contribution in [-0.4, -0.2) is 87.6 Å². The number of amides is 1. The highest BCUT2D eigenvalue weighted by molar-refractivity contribution is 6.36. The number of anilines is 2. The van der Waals surface area contributed by atoms with Crippen molar-refractivity contribution >= 4 is 40.5 Å². The molecule has 0 bridgehead atoms. The molecule has 2 aromatic carbocycles. The Morgan fingerprint density at radius 3 is 2.40 bits per heavy atom. The van der Waals surface area contributed by atoms with Crippen LogP contribution in [0, 0.1) is 17.7 Å². The van der Waals surface area contributed by atoms with E-state index in [-0.39, 0.29) is 24.1 Å². The number of likely N-dealkylation sites (N-methyl/N-ethyl adjacent to an activating group) is 1. The maximum atomic E-state index is 16.2. The summed E-state index contributed by atoms with van der Waals surface area (Å²) in [6, 6.07) is 10.5. The number of nitrogens with zero attached hydrogens (tertiary/aromatic N) is 5. The Balaban J connectivity index is 1.14. The molecule has 0 spiro atoms. The summed E-state index contributed by atoms with van der Waals surface area (Å²) in [7, 11) is 3.97. The zero-order valence-electron chi connectivity index (χ0n) is 33.1. The van der Waals surface area contributed by atoms with Gasteiger partial charge in [0.25, 0.3) is 0 Å². The predicted octanol–water partition coefficient (Wildman–Crippen LogP) is 8.25. The molecule has 296 valence electrons. The molecule has 0 radical (unpaired) electrons. The van der Waals surface area contributed by atoms with E-state index < -0.39 is 11.8 Å². The zero-order valence-corrected chi connectivity index (χ0v) is 33.8. The minimum atomic E-state index is -0.664. The van der Waals surface area contributed by atoms with Crippen molar-refractivity contribution in [1.29, 1.82) is 0 Å². The maximum absolute atomic E-state index is 16.2. The van der Waals surface area contributed by atoms with Gasteiger partial charge in [0, 0.05) is 82.2 Å². The standard InChI is InChI=1S/C43H57ClFN7O3/c1-6-10-35(42-48-36-26-52(23-20-38(36)50(42)5)25-29-15-17-30(18-16-29)43(54)55)46-33-13-8-11-31(40(33)44)32-12-9-14-34(41(32)45)47-39(53)27-49(4)37-19-22-51(21-7-2)24-28(37)3/h8-14,29-30,46H,6-7,15-27H2,1-5H3,(H,47,53)(H,54,55)/b35-10+. The summed E-state index contributed by atoms with van der Waals surface area (Å²) in [6.07, 6.45) is 9.18. The number of carboxylic acids is 1. The van der Waals surface area contributed by atoms with E-state index in [0.29, 0.717) is 27.8 Å². The number of hydrogen-bond donors (Lipinski definition) is 3. The molecule has 12 heteroatoms. The number of carbonyl (C=O) groups is 2. The number of benzene rings is 2. The van der Waals surface area contributed by atoms with Crippen LogP contribution in [0.1, 0.15) is 82.9 Å². The molecular formula is C43H57ClFN7O3. The highest BCUT2D eigenvalue weighted by Crippen LogP contribution is 2.39. The van der Waals surface area contributed by atoms with E-state index in [1.54, 1.807) is 24.3 Å². The molecule has 0 atom stereocenters. The number of aliphatic carboxylic acids is 1. The van der Waals surface area contributed by atoms with Gasteiger partial charge < -0.3 is 25.2 Å². The Hall–Kier alpha value is -4.19. The first-order valence-electron chi connectivity index (χ1n) is 19.9. The van der Waals surface area contributed by atoms with Crippen LogP contribution in [0.3, 0.4) is 0 Å². The molecule has 3 aliphatic rings. The summed E-state index contributed by atoms with van der Waals surface area (Å²) >= 11 is 7.06. The van der Waals surface area contributed by atoms with E-state index in [2.05, 4.69) is 58.9 Å². The minimum Gasteiger partial charge on any atom is -0.481 e. The topological polar surface area (TPSA) is 106 Å². The fourth-order valence-electron chi connectivity index (χ4n) is 8.66. The quantitative estimate of drug-likeness (QED) is 0.151. The van der Waals surface area contributed by atoms with Gasteiger partial charge in [-0.3, -0.25) is 19.4 Å². The summed E-state index contributed by atoms with van der Waals surface area (Å²) in [6.45, 7) is 12.1. The molecule has 1 amide bonds. The molecule has 55 heavy (non-hydrogen) atoms. The van der Waals surface area contributed by atoms with E-state index >= 15 is 4.39 Å². The average molecular weight is 774 g/mol. The van der Waals surface area contributed by atoms with Crippen LogP contribution in [0.25, 0.3) is 16.8 Å². The largest absolute Gasteiger partial charge is 0.481 e. The summed E-state index contributed by atoms with van der Waals surface area (Å²) in [5, 5.41) is 16.1. The number of hydrogen-bond acceptors (Lipinski definition) is 7. The fourth-order valence-corrected chi connectivity index (χ4v) is 8.94. The number of carbonyl (C=O) groups excluding carboxylic acids is 1. The lowest BCUT2D eigenvalue weighted by atomic mass is 9.81. The molecule has 10 nitrogen and oxygen atoms in total. The molecule has 1 fully saturated rings. The van der Waals surface area contributed by atoms with Crippen LogP contribution >= 0.6 is 11.6 Å². The lowest BCUT2D eigenvalue weighted by molar-refractivity contribution is -0.143. The number of carboxylic acid groups (broad SMARTS) is 1. The van der Waals surface area contributed by atoms with E-state index in [1.807, 2.05) is 24.1 Å². The van der Waals surface area contributed by atoms with Crippen LogP contribution < -0.4 is 10.6 Å². The summed E-state index contributed by atoms with van der Waals surface area (Å²) in [5.74, 6) is -0.358. The van der Waals surface area contributed by atoms with Crippen molar-refractivity contribution in [3.05, 3.63) is 81.8 Å². The van der Waals surface area contributed by atoms with E-state index in [0.717, 1.165) is 108 Å². The van der Waals surface area contributed by atoms with Crippen LogP contribution in [0.2, 0.25) is 5.02 Å². The molecule has 3 aromatic rings. The van der Waals surface area contributed by atoms with Crippen LogP contribution in [-0.2, 0) is 29.6 Å². The zero-order chi connectivity index (χ0) is 39.2. The van der Waals surface area contributed by atoms with Crippen molar-refractivity contribution in [2.75, 3.05) is 56.9 Å². The predicted molar refractivity (Wildman–Crippen MR) is 219 cm³/mol. The van der Waals surface area contributed by atoms with Crippen molar-refractivity contribution in [2.24, 2.45) is 18.9 Å². The molecule has 1 aromatic heterocycles. The first-order chi connectivity index (χ1) is 26.5. The summed E-state index contributed by atoms with van der Waals surface area (Å²) in [5.41, 5.74) is 7.08. The number of allylic oxidation sites excluding steroid dienone is 1. The number of halogens is 2. The molecule has 3 N–H and O–H groups in total. The highest BCUT2D eigenvalue weighted by atomic mass is 35.5. The van der Waals surface area contributed by atoms with Gasteiger partial charge in [0.2, 0.25) is 5.91 Å². The number of fused-ring (bicyclic) bond motifs is 1. The second-order valence-corrected chi connectivity index (χ2v) is 15.9. The Morgan fingerprint density at radius 2 is 1.71 bits per heavy atom. The van der Waals surface area contributed by atoms with Crippen LogP contribution in [0.4, 0.5) is 15.8 Å². The van der Waals surface area contributed by atoms with Gasteiger partial charge in [0.05, 0.1) is 40.3 Å². The summed E-state index contributed by atoms with van der Waals surface area (Å²) < 4.78 is 18.3. The third kappa shape index (κ3) is 9.44. The van der Waals surface area contributed by atoms with Crippen molar-refractivity contribution in [1.82, 2.24) is 24.3 Å². The van der Waals surface area contributed by atoms with Crippen molar-refractivity contribution in [3.63, 3.8) is 0 Å². The third-order valence-electron chi connectivity index (χ3n) is 11.5. The normalized spacial score (nSPS) is 19.7. The average Bonchev–Trinajstić information content (AvgIpc) is 3.48. The second-order valence-electron chi connectivity index (χ2n) is 15.6. The Labute approximate surface area is 330 Å². The molecule has 2 aliphatic heterocycles. The van der Waals surface area contributed by atoms with Gasteiger partial charge in [-0.05, 0) is 75.6 Å². The molecule has 3 heterocycles. The van der Waals surface area contributed by atoms with Crippen LogP contribution in [0.5, 0.6) is 0 Å². The second kappa shape index (κ2) is 18.2. The lowest BCUT2D eigenvalue weighted by Gasteiger charge is -2.33. The Morgan fingerprint density at radius 1 is 1.00 bits per heavy atom. The van der Waals surface area contributed by atoms with E-state index in [1.165, 1.54) is 17.0 Å². The number of imidazole rings is 1. The first kappa shape index (κ1) is 40.5. The molecule has 0 unspecified atom stereocenters. The van der Waals surface area contributed by atoms with Gasteiger partial charge in [-0.2, -0.15) is 0 Å². The first-order valence-corrected chi connectivity index (χ1v) is 20.3. The Kier molecular flexibility index (Phi) is 13.4. The monoisotopic (exact) mass is 773 g/mol. The molecule has 1 aliphatic carbocycles. The van der Waals surface area contributed by atoms with Gasteiger partial charge in [-0.1, -0.05) is 55.8 Å². The smallest absolute Gasteiger partial charge is 0.306 e. The van der Waals surface area contributed by atoms with Crippen LogP contribution in [0.15, 0.2) is 53.7 Å². The van der Waals surface area contributed by atoms with Gasteiger partial charge in [-0.15, -0.1) is 0 Å². The number of aromatic nitrogens is 2. The van der Waals surface area contributed by atoms with Gasteiger partial charge >= 0.3 is 5.97 Å². The van der Waals surface area contributed by atoms with E-state index in [9.17, 15) is 14.7 Å². The number of rotatable bonds is 14. The van der Waals surface area contributed by atoms with Gasteiger partial charge in [0.15, 0.2) is 11.6 Å². The highest BCUT2D eigenvalue weighted by Gasteiger charge is 2.30. The van der Waals surface area contributed by atoms with E-state index in [4.69, 9.17) is 16.6 Å². The maximum Gasteiger partial charge on any atom is 0.306 e. The van der Waals surface area contributed by atoms with Crippen molar-refractivity contribution in [2.45, 2.75) is 78.7 Å². The minimum absolute atomic E-state index is 0.112. The van der Waals surface area contributed by atoms with Crippen molar-refractivity contribution < 1.29 is 19.1 Å². The van der Waals surface area contributed by atoms with Crippen molar-refractivity contribution in [3.8, 4) is 11.1 Å². The SMILES string of the molecule is CC/C=C(/Nc1cccc(-c2cccc(NC(=O)CN(C)C3=C(C)CN(CCC)CC3)c2F)c1Cl)c1nc2c(n1C)CCN(CC1CCC(C(=O)O)CC1)C2. The molecular weight excluding hydrogens is 717 g/mol. The lowest BCUT2D eigenvalue weighted by Crippen LogP contribution is -2.38. The fraction of sp³-hybridized carbons (Fsp3) is 0.512. The summed E-state index contributed by atoms with van der Waals surface area (Å²) in [4.78, 5) is 36.6. The third-order valence-corrected chi connectivity index (χ3v) is 11.9. The Bertz CT molecular complexity index is 1930. The molecule has 1 saturated carbocycles.